The van der Waals surface area contributed by atoms with Crippen molar-refractivity contribution in [3.8, 4) is 0 Å². The van der Waals surface area contributed by atoms with Gasteiger partial charge in [-0.15, -0.1) is 0 Å². The maximum Gasteiger partial charge on any atom is 0.319 e. The van der Waals surface area contributed by atoms with Gasteiger partial charge >= 0.3 is 6.03 Å². The van der Waals surface area contributed by atoms with E-state index < -0.39 is 0 Å². The van der Waals surface area contributed by atoms with E-state index in [2.05, 4.69) is 15.8 Å². The number of halogens is 1. The predicted molar refractivity (Wildman–Crippen MR) is 71.3 cm³/mol. The summed E-state index contributed by atoms with van der Waals surface area (Å²) >= 11 is 5.94. The Morgan fingerprint density at radius 1 is 1.56 bits per heavy atom. The Kier molecular flexibility index (Phi) is 5.26. The van der Waals surface area contributed by atoms with E-state index in [1.54, 1.807) is 12.1 Å². The van der Waals surface area contributed by atoms with E-state index in [-0.39, 0.29) is 11.9 Å². The largest absolute Gasteiger partial charge is 0.409 e. The molecule has 6 nitrogen and oxygen atoms in total. The highest BCUT2D eigenvalue weighted by Gasteiger charge is 2.08. The minimum absolute atomic E-state index is 0.0521. The highest BCUT2D eigenvalue weighted by molar-refractivity contribution is 6.33. The molecule has 1 aromatic carbocycles. The molecule has 0 heterocycles. The van der Waals surface area contributed by atoms with Crippen LogP contribution in [0.15, 0.2) is 23.4 Å². The summed E-state index contributed by atoms with van der Waals surface area (Å²) in [5, 5.41) is 17.1. The van der Waals surface area contributed by atoms with E-state index >= 15 is 0 Å². The topological polar surface area (TPSA) is 99.7 Å². The first-order valence-electron chi connectivity index (χ1n) is 5.40. The fourth-order valence-electron chi connectivity index (χ4n) is 1.24. The Balaban J connectivity index is 2.84. The van der Waals surface area contributed by atoms with E-state index in [0.717, 1.165) is 6.42 Å². The number of amidine groups is 1. The summed E-state index contributed by atoms with van der Waals surface area (Å²) in [6.07, 6.45) is 0.839. The van der Waals surface area contributed by atoms with Crippen LogP contribution in [0.5, 0.6) is 0 Å². The molecule has 0 aromatic heterocycles. The maximum absolute atomic E-state index is 11.5. The minimum atomic E-state index is -0.351. The van der Waals surface area contributed by atoms with Gasteiger partial charge in [0.25, 0.3) is 0 Å². The molecule has 0 bridgehead atoms. The molecule has 98 valence electrons. The van der Waals surface area contributed by atoms with Gasteiger partial charge in [-0.3, -0.25) is 0 Å². The molecule has 0 unspecified atom stereocenters. The summed E-state index contributed by atoms with van der Waals surface area (Å²) in [4.78, 5) is 11.5. The molecule has 0 aliphatic rings. The molecule has 0 radical (unpaired) electrons. The number of nitrogens with zero attached hydrogens (tertiary/aromatic N) is 1. The van der Waals surface area contributed by atoms with Gasteiger partial charge in [-0.1, -0.05) is 23.7 Å². The molecule has 1 rings (SSSR count). The van der Waals surface area contributed by atoms with E-state index in [4.69, 9.17) is 22.5 Å². The van der Waals surface area contributed by atoms with Gasteiger partial charge in [0.2, 0.25) is 0 Å². The highest BCUT2D eigenvalue weighted by atomic mass is 35.5. The molecule has 18 heavy (non-hydrogen) atoms. The average molecular weight is 271 g/mol. The second kappa shape index (κ2) is 6.70. The normalized spacial score (nSPS) is 11.1. The Bertz CT molecular complexity index is 462. The van der Waals surface area contributed by atoms with Gasteiger partial charge in [-0.05, 0) is 24.6 Å². The number of hydrogen-bond donors (Lipinski definition) is 4. The van der Waals surface area contributed by atoms with Crippen LogP contribution in [0.25, 0.3) is 0 Å². The molecule has 1 aromatic rings. The molecule has 0 aliphatic heterocycles. The van der Waals surface area contributed by atoms with Crippen molar-refractivity contribution in [2.24, 2.45) is 10.9 Å². The molecule has 7 heteroatoms. The lowest BCUT2D eigenvalue weighted by Gasteiger charge is -2.09. The van der Waals surface area contributed by atoms with Crippen LogP contribution in [0.4, 0.5) is 10.5 Å². The summed E-state index contributed by atoms with van der Waals surface area (Å²) < 4.78 is 0. The average Bonchev–Trinajstić information content (AvgIpc) is 2.38. The van der Waals surface area contributed by atoms with Crippen molar-refractivity contribution in [1.29, 1.82) is 0 Å². The first-order valence-corrected chi connectivity index (χ1v) is 5.78. The van der Waals surface area contributed by atoms with Crippen LogP contribution in [0.2, 0.25) is 5.02 Å². The molecule has 0 saturated heterocycles. The van der Waals surface area contributed by atoms with Gasteiger partial charge in [-0.2, -0.15) is 0 Å². The minimum Gasteiger partial charge on any atom is -0.409 e. The molecule has 0 aliphatic carbocycles. The summed E-state index contributed by atoms with van der Waals surface area (Å²) in [5.74, 6) is -0.0521. The number of carbonyl (C=O) groups excluding carboxylic acids is 1. The van der Waals surface area contributed by atoms with Crippen molar-refractivity contribution < 1.29 is 10.0 Å². The van der Waals surface area contributed by atoms with Gasteiger partial charge in [0.05, 0.1) is 10.7 Å². The van der Waals surface area contributed by atoms with E-state index in [1.807, 2.05) is 6.92 Å². The van der Waals surface area contributed by atoms with Crippen molar-refractivity contribution in [2.45, 2.75) is 13.3 Å². The molecule has 0 saturated carbocycles. The lowest BCUT2D eigenvalue weighted by atomic mass is 10.2. The molecule has 5 N–H and O–H groups in total. The number of nitrogens with two attached hydrogens (primary N) is 1. The van der Waals surface area contributed by atoms with Crippen LogP contribution in [0.3, 0.4) is 0 Å². The number of benzene rings is 1. The standard InChI is InChI=1S/C11H15ClN4O2/c1-2-5-14-11(17)15-9-6-7(10(13)16-18)3-4-8(9)12/h3-4,6,18H,2,5H2,1H3,(H2,13,16)(H2,14,15,17). The highest BCUT2D eigenvalue weighted by Crippen LogP contribution is 2.22. The fraction of sp³-hybridized carbons (Fsp3) is 0.273. The molecule has 0 atom stereocenters. The summed E-state index contributed by atoms with van der Waals surface area (Å²) in [5.41, 5.74) is 6.32. The molecule has 0 fully saturated rings. The van der Waals surface area contributed by atoms with Crippen LogP contribution in [0.1, 0.15) is 18.9 Å². The SMILES string of the molecule is CCCNC(=O)Nc1cc(C(N)=NO)ccc1Cl. The third-order valence-electron chi connectivity index (χ3n) is 2.15. The maximum atomic E-state index is 11.5. The van der Waals surface area contributed by atoms with Crippen LogP contribution < -0.4 is 16.4 Å². The zero-order valence-electron chi connectivity index (χ0n) is 9.90. The Morgan fingerprint density at radius 3 is 2.89 bits per heavy atom. The smallest absolute Gasteiger partial charge is 0.319 e. The zero-order valence-corrected chi connectivity index (χ0v) is 10.7. The second-order valence-electron chi connectivity index (χ2n) is 3.56. The number of rotatable bonds is 4. The fourth-order valence-corrected chi connectivity index (χ4v) is 1.41. The quantitative estimate of drug-likeness (QED) is 0.291. The third-order valence-corrected chi connectivity index (χ3v) is 2.48. The van der Waals surface area contributed by atoms with Crippen molar-refractivity contribution in [2.75, 3.05) is 11.9 Å². The van der Waals surface area contributed by atoms with Crippen LogP contribution >= 0.6 is 11.6 Å². The third kappa shape index (κ3) is 3.81. The first kappa shape index (κ1) is 14.1. The lowest BCUT2D eigenvalue weighted by molar-refractivity contribution is 0.252. The molecular formula is C11H15ClN4O2. The second-order valence-corrected chi connectivity index (χ2v) is 3.97. The zero-order chi connectivity index (χ0) is 13.5. The van der Waals surface area contributed by atoms with Gasteiger partial charge in [0, 0.05) is 12.1 Å². The number of nitrogens with one attached hydrogen (secondary N) is 2. The van der Waals surface area contributed by atoms with Gasteiger partial charge in [-0.25, -0.2) is 4.79 Å². The van der Waals surface area contributed by atoms with Crippen molar-refractivity contribution in [3.05, 3.63) is 28.8 Å². The predicted octanol–water partition coefficient (Wildman–Crippen LogP) is 1.97. The Hall–Kier alpha value is -1.95. The number of amides is 2. The van der Waals surface area contributed by atoms with Crippen molar-refractivity contribution in [3.63, 3.8) is 0 Å². The summed E-state index contributed by atoms with van der Waals surface area (Å²) in [6.45, 7) is 2.52. The lowest BCUT2D eigenvalue weighted by Crippen LogP contribution is -2.29. The van der Waals surface area contributed by atoms with Crippen LogP contribution in [0, 0.1) is 0 Å². The number of hydrogen-bond acceptors (Lipinski definition) is 3. The van der Waals surface area contributed by atoms with Gasteiger partial charge < -0.3 is 21.6 Å². The van der Waals surface area contributed by atoms with E-state index in [0.29, 0.717) is 22.8 Å². The number of anilines is 1. The first-order chi connectivity index (χ1) is 8.58. The number of oxime groups is 1. The molecule has 0 spiro atoms. The summed E-state index contributed by atoms with van der Waals surface area (Å²) in [6, 6.07) is 4.33. The number of urea groups is 1. The van der Waals surface area contributed by atoms with Crippen LogP contribution in [-0.4, -0.2) is 23.6 Å². The monoisotopic (exact) mass is 270 g/mol. The van der Waals surface area contributed by atoms with Crippen molar-refractivity contribution in [1.82, 2.24) is 5.32 Å². The van der Waals surface area contributed by atoms with E-state index in [1.165, 1.54) is 6.07 Å². The molecular weight excluding hydrogens is 256 g/mol. The number of carbonyl (C=O) groups is 1. The molecule has 2 amide bonds. The van der Waals surface area contributed by atoms with Gasteiger partial charge in [0.1, 0.15) is 0 Å². The van der Waals surface area contributed by atoms with E-state index in [9.17, 15) is 4.79 Å². The summed E-state index contributed by atoms with van der Waals surface area (Å²) in [7, 11) is 0. The van der Waals surface area contributed by atoms with Gasteiger partial charge in [0.15, 0.2) is 5.84 Å². The Morgan fingerprint density at radius 2 is 2.28 bits per heavy atom. The Labute approximate surface area is 110 Å². The van der Waals surface area contributed by atoms with Crippen molar-refractivity contribution >= 4 is 29.2 Å². The van der Waals surface area contributed by atoms with Crippen LogP contribution in [-0.2, 0) is 0 Å².